The van der Waals surface area contributed by atoms with Crippen molar-refractivity contribution in [2.75, 3.05) is 13.2 Å². The smallest absolute Gasteiger partial charge is 0.261 e. The molecule has 1 rings (SSSR count). The molecule has 0 aromatic carbocycles. The largest absolute Gasteiger partial charge is 0.394 e. The van der Waals surface area contributed by atoms with E-state index in [2.05, 4.69) is 10.6 Å². The van der Waals surface area contributed by atoms with Gasteiger partial charge in [-0.1, -0.05) is 13.8 Å². The van der Waals surface area contributed by atoms with Crippen LogP contribution in [0.1, 0.15) is 28.4 Å². The van der Waals surface area contributed by atoms with E-state index in [1.54, 1.807) is 6.07 Å². The van der Waals surface area contributed by atoms with E-state index in [1.807, 2.05) is 26.8 Å². The van der Waals surface area contributed by atoms with Gasteiger partial charge in [0.15, 0.2) is 0 Å². The Balaban J connectivity index is 2.40. The van der Waals surface area contributed by atoms with Crippen molar-refractivity contribution in [2.24, 2.45) is 5.92 Å². The van der Waals surface area contributed by atoms with E-state index < -0.39 is 0 Å². The van der Waals surface area contributed by atoms with Gasteiger partial charge >= 0.3 is 0 Å². The third-order valence-electron chi connectivity index (χ3n) is 2.72. The lowest BCUT2D eigenvalue weighted by Crippen LogP contribution is -2.45. The number of nitrogens with one attached hydrogen (secondary N) is 2. The summed E-state index contributed by atoms with van der Waals surface area (Å²) in [7, 11) is 0. The first kappa shape index (κ1) is 15.7. The van der Waals surface area contributed by atoms with Crippen molar-refractivity contribution in [3.8, 4) is 0 Å². The fourth-order valence-corrected chi connectivity index (χ4v) is 2.27. The Morgan fingerprint density at radius 1 is 1.37 bits per heavy atom. The van der Waals surface area contributed by atoms with Crippen LogP contribution < -0.4 is 10.6 Å². The number of aliphatic hydroxyl groups excluding tert-OH is 1. The van der Waals surface area contributed by atoms with Crippen molar-refractivity contribution in [1.82, 2.24) is 10.6 Å². The Morgan fingerprint density at radius 3 is 2.53 bits per heavy atom. The lowest BCUT2D eigenvalue weighted by atomic mass is 10.1. The molecule has 0 bridgehead atoms. The fraction of sp³-hybridized carbons (Fsp3) is 0.538. The van der Waals surface area contributed by atoms with Crippen LogP contribution in [0, 0.1) is 12.8 Å². The van der Waals surface area contributed by atoms with Gasteiger partial charge in [-0.2, -0.15) is 0 Å². The molecule has 3 N–H and O–H groups in total. The first-order chi connectivity index (χ1) is 8.93. The quantitative estimate of drug-likeness (QED) is 0.727. The summed E-state index contributed by atoms with van der Waals surface area (Å²) in [5.41, 5.74) is 0. The number of hydrogen-bond donors (Lipinski definition) is 3. The molecule has 0 saturated heterocycles. The third kappa shape index (κ3) is 5.00. The van der Waals surface area contributed by atoms with Crippen molar-refractivity contribution < 1.29 is 14.7 Å². The summed E-state index contributed by atoms with van der Waals surface area (Å²) in [4.78, 5) is 25.0. The van der Waals surface area contributed by atoms with Crippen molar-refractivity contribution in [1.29, 1.82) is 0 Å². The molecule has 2 amide bonds. The zero-order chi connectivity index (χ0) is 14.4. The van der Waals surface area contributed by atoms with Crippen LogP contribution in [0.3, 0.4) is 0 Å². The van der Waals surface area contributed by atoms with Crippen molar-refractivity contribution >= 4 is 23.2 Å². The molecule has 0 radical (unpaired) electrons. The summed E-state index contributed by atoms with van der Waals surface area (Å²) < 4.78 is 0. The van der Waals surface area contributed by atoms with Gasteiger partial charge < -0.3 is 15.7 Å². The van der Waals surface area contributed by atoms with Crippen LogP contribution >= 0.6 is 11.3 Å². The van der Waals surface area contributed by atoms with Crippen molar-refractivity contribution in [3.05, 3.63) is 21.9 Å². The average Bonchev–Trinajstić information content (AvgIpc) is 2.79. The van der Waals surface area contributed by atoms with Gasteiger partial charge in [0, 0.05) is 4.88 Å². The highest BCUT2D eigenvalue weighted by Crippen LogP contribution is 2.14. The second-order valence-electron chi connectivity index (χ2n) is 4.69. The van der Waals surface area contributed by atoms with Crippen LogP contribution in [0.15, 0.2) is 12.1 Å². The van der Waals surface area contributed by atoms with E-state index in [0.29, 0.717) is 4.88 Å². The second kappa shape index (κ2) is 7.25. The highest BCUT2D eigenvalue weighted by Gasteiger charge is 2.16. The van der Waals surface area contributed by atoms with Crippen molar-refractivity contribution in [3.63, 3.8) is 0 Å². The molecule has 1 atom stereocenters. The fourth-order valence-electron chi connectivity index (χ4n) is 1.49. The topological polar surface area (TPSA) is 78.4 Å². The first-order valence-corrected chi connectivity index (χ1v) is 7.00. The van der Waals surface area contributed by atoms with E-state index in [0.717, 1.165) is 4.88 Å². The first-order valence-electron chi connectivity index (χ1n) is 6.19. The van der Waals surface area contributed by atoms with Gasteiger partial charge in [0.25, 0.3) is 5.91 Å². The number of carbonyl (C=O) groups excluding carboxylic acids is 2. The maximum atomic E-state index is 11.7. The number of aliphatic hydroxyl groups is 1. The van der Waals surface area contributed by atoms with Gasteiger partial charge in [-0.15, -0.1) is 11.3 Å². The predicted octanol–water partition coefficient (Wildman–Crippen LogP) is 0.919. The normalized spacial score (nSPS) is 12.3. The Labute approximate surface area is 117 Å². The van der Waals surface area contributed by atoms with Gasteiger partial charge in [-0.3, -0.25) is 9.59 Å². The van der Waals surface area contributed by atoms with Crippen LogP contribution in [0.2, 0.25) is 0 Å². The molecule has 0 unspecified atom stereocenters. The highest BCUT2D eigenvalue weighted by molar-refractivity contribution is 7.13. The Morgan fingerprint density at radius 2 is 2.05 bits per heavy atom. The SMILES string of the molecule is Cc1ccc(C(=O)NCC(=O)N[C@H](CO)C(C)C)s1. The molecular weight excluding hydrogens is 264 g/mol. The van der Waals surface area contributed by atoms with Crippen LogP contribution in [0.25, 0.3) is 0 Å². The zero-order valence-corrected chi connectivity index (χ0v) is 12.2. The van der Waals surface area contributed by atoms with Gasteiger partial charge in [0.1, 0.15) is 0 Å². The molecule has 1 heterocycles. The second-order valence-corrected chi connectivity index (χ2v) is 5.98. The standard InChI is InChI=1S/C13H20N2O3S/c1-8(2)10(7-16)15-12(17)6-14-13(18)11-5-4-9(3)19-11/h4-5,8,10,16H,6-7H2,1-3H3,(H,14,18)(H,15,17)/t10-/m1/s1. The third-order valence-corrected chi connectivity index (χ3v) is 3.72. The number of rotatable bonds is 6. The lowest BCUT2D eigenvalue weighted by molar-refractivity contribution is -0.121. The summed E-state index contributed by atoms with van der Waals surface area (Å²) in [6.45, 7) is 5.55. The molecule has 0 saturated carbocycles. The summed E-state index contributed by atoms with van der Waals surface area (Å²) >= 11 is 1.39. The molecule has 6 heteroatoms. The minimum Gasteiger partial charge on any atom is -0.394 e. The molecule has 1 aromatic heterocycles. The molecule has 5 nitrogen and oxygen atoms in total. The summed E-state index contributed by atoms with van der Waals surface area (Å²) in [6, 6.07) is 3.31. The van der Waals surface area contributed by atoms with Crippen LogP contribution in [0.5, 0.6) is 0 Å². The predicted molar refractivity (Wildman–Crippen MR) is 75.2 cm³/mol. The molecule has 106 valence electrons. The molecule has 0 aliphatic carbocycles. The number of thiophene rings is 1. The number of amides is 2. The molecule has 1 aromatic rings. The molecule has 0 aliphatic heterocycles. The van der Waals surface area contributed by atoms with E-state index >= 15 is 0 Å². The molecular formula is C13H20N2O3S. The summed E-state index contributed by atoms with van der Waals surface area (Å²) in [6.07, 6.45) is 0. The van der Waals surface area contributed by atoms with Gasteiger partial charge in [0.05, 0.1) is 24.1 Å². The Hall–Kier alpha value is -1.40. The number of hydrogen-bond acceptors (Lipinski definition) is 4. The van der Waals surface area contributed by atoms with Crippen molar-refractivity contribution in [2.45, 2.75) is 26.8 Å². The highest BCUT2D eigenvalue weighted by atomic mass is 32.1. The van der Waals surface area contributed by atoms with Crippen LogP contribution in [-0.4, -0.2) is 36.1 Å². The number of carbonyl (C=O) groups is 2. The van der Waals surface area contributed by atoms with E-state index in [4.69, 9.17) is 5.11 Å². The Bertz CT molecular complexity index is 443. The maximum absolute atomic E-state index is 11.7. The van der Waals surface area contributed by atoms with Crippen LogP contribution in [-0.2, 0) is 4.79 Å². The van der Waals surface area contributed by atoms with E-state index in [-0.39, 0.29) is 36.9 Å². The summed E-state index contributed by atoms with van der Waals surface area (Å²) in [5, 5.41) is 14.3. The lowest BCUT2D eigenvalue weighted by Gasteiger charge is -2.19. The van der Waals surface area contributed by atoms with E-state index in [9.17, 15) is 9.59 Å². The Kier molecular flexibility index (Phi) is 5.98. The summed E-state index contributed by atoms with van der Waals surface area (Å²) in [5.74, 6) is -0.405. The molecule has 0 aliphatic rings. The monoisotopic (exact) mass is 284 g/mol. The number of aryl methyl sites for hydroxylation is 1. The molecule has 0 spiro atoms. The van der Waals surface area contributed by atoms with Gasteiger partial charge in [-0.05, 0) is 25.0 Å². The average molecular weight is 284 g/mol. The maximum Gasteiger partial charge on any atom is 0.261 e. The van der Waals surface area contributed by atoms with Gasteiger partial charge in [-0.25, -0.2) is 0 Å². The van der Waals surface area contributed by atoms with Crippen LogP contribution in [0.4, 0.5) is 0 Å². The minimum absolute atomic E-state index is 0.0843. The zero-order valence-electron chi connectivity index (χ0n) is 11.4. The van der Waals surface area contributed by atoms with E-state index in [1.165, 1.54) is 11.3 Å². The molecule has 19 heavy (non-hydrogen) atoms. The minimum atomic E-state index is -0.297. The molecule has 0 fully saturated rings. The van der Waals surface area contributed by atoms with Gasteiger partial charge in [0.2, 0.25) is 5.91 Å².